The van der Waals surface area contributed by atoms with E-state index in [1.165, 1.54) is 17.0 Å². The summed E-state index contributed by atoms with van der Waals surface area (Å²) in [6.45, 7) is 7.33. The molecule has 0 unspecified atom stereocenters. The summed E-state index contributed by atoms with van der Waals surface area (Å²) in [7, 11) is 0. The van der Waals surface area contributed by atoms with Gasteiger partial charge in [0.05, 0.1) is 4.88 Å². The van der Waals surface area contributed by atoms with Crippen LogP contribution in [0.3, 0.4) is 0 Å². The molecule has 0 atom stereocenters. The molecular weight excluding hydrogens is 408 g/mol. The summed E-state index contributed by atoms with van der Waals surface area (Å²) in [4.78, 5) is 32.5. The Morgan fingerprint density at radius 1 is 0.935 bits per heavy atom. The van der Waals surface area contributed by atoms with Crippen molar-refractivity contribution in [2.45, 2.75) is 19.3 Å². The second-order valence-corrected chi connectivity index (χ2v) is 9.30. The molecule has 2 amide bonds. The number of piperidine rings is 1. The SMILES string of the molecule is O=C(NCCCN1CCN(c2ccccc2)CC1)C1CCN(C(=O)c2cccs2)CC1. The van der Waals surface area contributed by atoms with E-state index in [9.17, 15) is 9.59 Å². The number of rotatable bonds is 7. The number of piperazine rings is 1. The molecule has 1 aromatic carbocycles. The highest BCUT2D eigenvalue weighted by Crippen LogP contribution is 2.21. The van der Waals surface area contributed by atoms with E-state index in [4.69, 9.17) is 0 Å². The smallest absolute Gasteiger partial charge is 0.263 e. The third-order valence-corrected chi connectivity index (χ3v) is 7.19. The van der Waals surface area contributed by atoms with Gasteiger partial charge in [0, 0.05) is 57.4 Å². The number of amides is 2. The number of carbonyl (C=O) groups is 2. The van der Waals surface area contributed by atoms with Gasteiger partial charge in [-0.25, -0.2) is 0 Å². The van der Waals surface area contributed by atoms with Gasteiger partial charge in [0.25, 0.3) is 5.91 Å². The van der Waals surface area contributed by atoms with Crippen LogP contribution in [0.1, 0.15) is 28.9 Å². The molecule has 0 saturated carbocycles. The van der Waals surface area contributed by atoms with E-state index in [1.807, 2.05) is 22.4 Å². The van der Waals surface area contributed by atoms with Crippen LogP contribution < -0.4 is 10.2 Å². The summed E-state index contributed by atoms with van der Waals surface area (Å²) in [6.07, 6.45) is 2.49. The van der Waals surface area contributed by atoms with E-state index in [0.29, 0.717) is 13.1 Å². The number of hydrogen-bond acceptors (Lipinski definition) is 5. The largest absolute Gasteiger partial charge is 0.369 e. The lowest BCUT2D eigenvalue weighted by Crippen LogP contribution is -2.47. The number of hydrogen-bond donors (Lipinski definition) is 1. The van der Waals surface area contributed by atoms with Crippen LogP contribution in [0.25, 0.3) is 0 Å². The topological polar surface area (TPSA) is 55.9 Å². The molecule has 4 rings (SSSR count). The van der Waals surface area contributed by atoms with Crippen LogP contribution >= 0.6 is 11.3 Å². The van der Waals surface area contributed by atoms with Crippen molar-refractivity contribution < 1.29 is 9.59 Å². The van der Waals surface area contributed by atoms with Crippen molar-refractivity contribution in [3.8, 4) is 0 Å². The van der Waals surface area contributed by atoms with Crippen molar-refractivity contribution >= 4 is 28.8 Å². The average molecular weight is 441 g/mol. The van der Waals surface area contributed by atoms with Gasteiger partial charge in [-0.1, -0.05) is 24.3 Å². The Kier molecular flexibility index (Phi) is 7.59. The standard InChI is InChI=1S/C24H32N4O2S/c29-23(20-9-13-28(14-10-20)24(30)22-8-4-19-31-22)25-11-5-12-26-15-17-27(18-16-26)21-6-2-1-3-7-21/h1-4,6-8,19-20H,5,9-18H2,(H,25,29). The van der Waals surface area contributed by atoms with Gasteiger partial charge >= 0.3 is 0 Å². The highest BCUT2D eigenvalue weighted by molar-refractivity contribution is 7.12. The Labute approximate surface area is 188 Å². The van der Waals surface area contributed by atoms with Gasteiger partial charge < -0.3 is 15.1 Å². The molecule has 2 aromatic rings. The third kappa shape index (κ3) is 5.86. The Balaban J connectivity index is 1.09. The molecule has 2 saturated heterocycles. The zero-order valence-corrected chi connectivity index (χ0v) is 18.9. The Bertz CT molecular complexity index is 827. The first kappa shape index (κ1) is 21.8. The first-order chi connectivity index (χ1) is 15.2. The molecule has 2 aliphatic heterocycles. The summed E-state index contributed by atoms with van der Waals surface area (Å²) >= 11 is 1.48. The zero-order chi connectivity index (χ0) is 21.5. The fourth-order valence-corrected chi connectivity index (χ4v) is 5.12. The summed E-state index contributed by atoms with van der Waals surface area (Å²) in [6, 6.07) is 14.4. The summed E-state index contributed by atoms with van der Waals surface area (Å²) in [5.74, 6) is 0.278. The number of likely N-dealkylation sites (tertiary alicyclic amines) is 1. The molecule has 3 heterocycles. The van der Waals surface area contributed by atoms with E-state index >= 15 is 0 Å². The highest BCUT2D eigenvalue weighted by atomic mass is 32.1. The Morgan fingerprint density at radius 2 is 1.68 bits per heavy atom. The normalized spacial score (nSPS) is 18.2. The van der Waals surface area contributed by atoms with Crippen molar-refractivity contribution in [3.05, 3.63) is 52.7 Å². The van der Waals surface area contributed by atoms with E-state index in [2.05, 4.69) is 45.4 Å². The van der Waals surface area contributed by atoms with Crippen LogP contribution in [0.15, 0.2) is 47.8 Å². The number of carbonyl (C=O) groups excluding carboxylic acids is 2. The molecule has 6 nitrogen and oxygen atoms in total. The van der Waals surface area contributed by atoms with Crippen LogP contribution in [-0.2, 0) is 4.79 Å². The number of anilines is 1. The van der Waals surface area contributed by atoms with E-state index in [1.54, 1.807) is 0 Å². The maximum atomic E-state index is 12.5. The first-order valence-electron chi connectivity index (χ1n) is 11.3. The van der Waals surface area contributed by atoms with Gasteiger partial charge in [0.2, 0.25) is 5.91 Å². The molecule has 1 aromatic heterocycles. The van der Waals surface area contributed by atoms with Gasteiger partial charge in [-0.05, 0) is 49.4 Å². The van der Waals surface area contributed by atoms with Gasteiger partial charge in [0.1, 0.15) is 0 Å². The third-order valence-electron chi connectivity index (χ3n) is 6.33. The van der Waals surface area contributed by atoms with Crippen molar-refractivity contribution in [1.82, 2.24) is 15.1 Å². The Morgan fingerprint density at radius 3 is 2.35 bits per heavy atom. The minimum Gasteiger partial charge on any atom is -0.369 e. The second-order valence-electron chi connectivity index (χ2n) is 8.35. The van der Waals surface area contributed by atoms with Gasteiger partial charge in [0.15, 0.2) is 0 Å². The van der Waals surface area contributed by atoms with Crippen LogP contribution in [0.5, 0.6) is 0 Å². The molecule has 166 valence electrons. The first-order valence-corrected chi connectivity index (χ1v) is 12.2. The van der Waals surface area contributed by atoms with E-state index < -0.39 is 0 Å². The lowest BCUT2D eigenvalue weighted by molar-refractivity contribution is -0.126. The van der Waals surface area contributed by atoms with Crippen molar-refractivity contribution in [2.24, 2.45) is 5.92 Å². The molecule has 1 N–H and O–H groups in total. The van der Waals surface area contributed by atoms with E-state index in [0.717, 1.165) is 63.4 Å². The van der Waals surface area contributed by atoms with Crippen molar-refractivity contribution in [3.63, 3.8) is 0 Å². The quantitative estimate of drug-likeness (QED) is 0.673. The number of nitrogens with one attached hydrogen (secondary N) is 1. The molecule has 31 heavy (non-hydrogen) atoms. The summed E-state index contributed by atoms with van der Waals surface area (Å²) in [5, 5.41) is 5.05. The molecule has 2 aliphatic rings. The molecule has 0 radical (unpaired) electrons. The molecule has 7 heteroatoms. The molecule has 0 spiro atoms. The van der Waals surface area contributed by atoms with Gasteiger partial charge in [-0.2, -0.15) is 0 Å². The van der Waals surface area contributed by atoms with Gasteiger partial charge in [-0.15, -0.1) is 11.3 Å². The molecule has 0 aliphatic carbocycles. The highest BCUT2D eigenvalue weighted by Gasteiger charge is 2.28. The predicted octanol–water partition coefficient (Wildman–Crippen LogP) is 2.93. The van der Waals surface area contributed by atoms with Crippen LogP contribution in [-0.4, -0.2) is 74.0 Å². The lowest BCUT2D eigenvalue weighted by Gasteiger charge is -2.36. The van der Waals surface area contributed by atoms with Crippen LogP contribution in [0.2, 0.25) is 0 Å². The van der Waals surface area contributed by atoms with Crippen molar-refractivity contribution in [1.29, 1.82) is 0 Å². The zero-order valence-electron chi connectivity index (χ0n) is 18.0. The minimum atomic E-state index is 0.0294. The van der Waals surface area contributed by atoms with Crippen LogP contribution in [0.4, 0.5) is 5.69 Å². The summed E-state index contributed by atoms with van der Waals surface area (Å²) < 4.78 is 0. The molecular formula is C24H32N4O2S. The number of nitrogens with zero attached hydrogens (tertiary/aromatic N) is 3. The number of benzene rings is 1. The maximum Gasteiger partial charge on any atom is 0.263 e. The molecule has 2 fully saturated rings. The Hall–Kier alpha value is -2.38. The van der Waals surface area contributed by atoms with Crippen LogP contribution in [0, 0.1) is 5.92 Å². The maximum absolute atomic E-state index is 12.5. The number of thiophene rings is 1. The summed E-state index contributed by atoms with van der Waals surface area (Å²) in [5.41, 5.74) is 1.30. The predicted molar refractivity (Wildman–Crippen MR) is 126 cm³/mol. The average Bonchev–Trinajstić information content (AvgIpc) is 3.37. The molecule has 0 bridgehead atoms. The fourth-order valence-electron chi connectivity index (χ4n) is 4.43. The van der Waals surface area contributed by atoms with E-state index in [-0.39, 0.29) is 17.7 Å². The van der Waals surface area contributed by atoms with Crippen molar-refractivity contribution in [2.75, 3.05) is 57.3 Å². The van der Waals surface area contributed by atoms with Gasteiger partial charge in [-0.3, -0.25) is 14.5 Å². The minimum absolute atomic E-state index is 0.0294. The lowest BCUT2D eigenvalue weighted by atomic mass is 9.95. The fraction of sp³-hybridized carbons (Fsp3) is 0.500. The second kappa shape index (κ2) is 10.8. The number of para-hydroxylation sites is 1. The monoisotopic (exact) mass is 440 g/mol.